The minimum absolute atomic E-state index is 0.115. The zero-order valence-corrected chi connectivity index (χ0v) is 18.5. The van der Waals surface area contributed by atoms with E-state index in [2.05, 4.69) is 4.99 Å². The molecule has 0 unspecified atom stereocenters. The molecule has 4 aromatic carbocycles. The Morgan fingerprint density at radius 2 is 1.52 bits per heavy atom. The molecular weight excluding hydrogens is 406 g/mol. The van der Waals surface area contributed by atoms with E-state index in [4.69, 9.17) is 4.18 Å². The molecule has 0 atom stereocenters. The van der Waals surface area contributed by atoms with Crippen LogP contribution in [0.4, 0.5) is 5.69 Å². The van der Waals surface area contributed by atoms with Crippen LogP contribution in [-0.2, 0) is 10.1 Å². The van der Waals surface area contributed by atoms with Gasteiger partial charge < -0.3 is 4.18 Å². The molecule has 0 fully saturated rings. The summed E-state index contributed by atoms with van der Waals surface area (Å²) >= 11 is 0. The Kier molecular flexibility index (Phi) is 5.61. The number of hydrogen-bond donors (Lipinski definition) is 0. The van der Waals surface area contributed by atoms with E-state index in [0.717, 1.165) is 33.2 Å². The fraction of sp³-hybridized carbons (Fsp3) is 0.115. The van der Waals surface area contributed by atoms with Gasteiger partial charge in [-0.05, 0) is 66.9 Å². The highest BCUT2D eigenvalue weighted by atomic mass is 32.2. The highest BCUT2D eigenvalue weighted by molar-refractivity contribution is 7.87. The fourth-order valence-electron chi connectivity index (χ4n) is 3.35. The molecule has 0 aliphatic heterocycles. The number of benzene rings is 4. The molecule has 4 nitrogen and oxygen atoms in total. The van der Waals surface area contributed by atoms with E-state index in [1.54, 1.807) is 36.5 Å². The van der Waals surface area contributed by atoms with Crippen LogP contribution in [0.3, 0.4) is 0 Å². The average molecular weight is 430 g/mol. The van der Waals surface area contributed by atoms with Crippen molar-refractivity contribution >= 4 is 32.8 Å². The van der Waals surface area contributed by atoms with Gasteiger partial charge >= 0.3 is 10.1 Å². The van der Waals surface area contributed by atoms with Crippen molar-refractivity contribution in [1.29, 1.82) is 0 Å². The lowest BCUT2D eigenvalue weighted by Gasteiger charge is -2.12. The third-order valence-electron chi connectivity index (χ3n) is 5.14. The molecule has 0 saturated heterocycles. The molecule has 0 saturated carbocycles. The minimum Gasteiger partial charge on any atom is -0.378 e. The first kappa shape index (κ1) is 20.8. The summed E-state index contributed by atoms with van der Waals surface area (Å²) in [6.45, 7) is 5.91. The van der Waals surface area contributed by atoms with Crippen LogP contribution in [0.15, 0.2) is 88.8 Å². The molecule has 0 aliphatic carbocycles. The van der Waals surface area contributed by atoms with E-state index in [1.807, 2.05) is 69.3 Å². The average Bonchev–Trinajstić information content (AvgIpc) is 2.75. The van der Waals surface area contributed by atoms with Crippen LogP contribution in [-0.4, -0.2) is 14.6 Å². The van der Waals surface area contributed by atoms with Crippen molar-refractivity contribution in [3.63, 3.8) is 0 Å². The summed E-state index contributed by atoms with van der Waals surface area (Å²) in [6, 6.07) is 24.0. The Morgan fingerprint density at radius 1 is 0.806 bits per heavy atom. The van der Waals surface area contributed by atoms with Crippen LogP contribution >= 0.6 is 0 Å². The Bertz CT molecular complexity index is 1390. The van der Waals surface area contributed by atoms with Gasteiger partial charge in [0, 0.05) is 11.8 Å². The van der Waals surface area contributed by atoms with E-state index in [-0.39, 0.29) is 10.6 Å². The summed E-state index contributed by atoms with van der Waals surface area (Å²) in [4.78, 5) is 4.78. The monoisotopic (exact) mass is 429 g/mol. The van der Waals surface area contributed by atoms with E-state index >= 15 is 0 Å². The molecule has 31 heavy (non-hydrogen) atoms. The molecule has 5 heteroatoms. The van der Waals surface area contributed by atoms with Gasteiger partial charge in [-0.2, -0.15) is 8.42 Å². The summed E-state index contributed by atoms with van der Waals surface area (Å²) < 4.78 is 31.4. The molecule has 156 valence electrons. The quantitative estimate of drug-likeness (QED) is 0.277. The van der Waals surface area contributed by atoms with Crippen molar-refractivity contribution in [1.82, 2.24) is 0 Å². The molecule has 4 rings (SSSR count). The molecule has 0 aliphatic rings. The van der Waals surface area contributed by atoms with Crippen molar-refractivity contribution < 1.29 is 12.6 Å². The number of rotatable bonds is 5. The van der Waals surface area contributed by atoms with Gasteiger partial charge in [0.2, 0.25) is 0 Å². The van der Waals surface area contributed by atoms with Crippen molar-refractivity contribution in [2.24, 2.45) is 4.99 Å². The smallest absolute Gasteiger partial charge is 0.339 e. The molecule has 0 amide bonds. The summed E-state index contributed by atoms with van der Waals surface area (Å²) in [6.07, 6.45) is 1.68. The first-order valence-electron chi connectivity index (χ1n) is 9.98. The summed E-state index contributed by atoms with van der Waals surface area (Å²) in [7, 11) is -3.98. The van der Waals surface area contributed by atoms with Crippen molar-refractivity contribution in [3.05, 3.63) is 101 Å². The van der Waals surface area contributed by atoms with Gasteiger partial charge in [0.05, 0.1) is 5.69 Å². The minimum atomic E-state index is -3.98. The van der Waals surface area contributed by atoms with E-state index in [1.165, 1.54) is 0 Å². The molecule has 0 heterocycles. The lowest BCUT2D eigenvalue weighted by atomic mass is 10.0. The molecule has 0 aromatic heterocycles. The van der Waals surface area contributed by atoms with Crippen LogP contribution in [0.25, 0.3) is 10.8 Å². The van der Waals surface area contributed by atoms with Gasteiger partial charge in [-0.1, -0.05) is 60.2 Å². The predicted octanol–water partition coefficient (Wildman–Crippen LogP) is 6.28. The third kappa shape index (κ3) is 4.52. The van der Waals surface area contributed by atoms with Gasteiger partial charge in [0.25, 0.3) is 0 Å². The largest absolute Gasteiger partial charge is 0.378 e. The SMILES string of the molecule is Cc1ccc(S(=O)(=O)Oc2ccc3ccccc3c2C=Nc2cc(C)ccc2C)cc1. The van der Waals surface area contributed by atoms with Gasteiger partial charge in [0.1, 0.15) is 4.90 Å². The Labute approximate surface area is 183 Å². The lowest BCUT2D eigenvalue weighted by Crippen LogP contribution is -2.11. The van der Waals surface area contributed by atoms with Gasteiger partial charge in [-0.15, -0.1) is 0 Å². The Morgan fingerprint density at radius 3 is 2.29 bits per heavy atom. The van der Waals surface area contributed by atoms with Crippen molar-refractivity contribution in [2.75, 3.05) is 0 Å². The van der Waals surface area contributed by atoms with Gasteiger partial charge in [-0.3, -0.25) is 4.99 Å². The summed E-state index contributed by atoms with van der Waals surface area (Å²) in [5, 5.41) is 1.85. The molecule has 4 aromatic rings. The zero-order chi connectivity index (χ0) is 22.0. The van der Waals surface area contributed by atoms with Crippen molar-refractivity contribution in [3.8, 4) is 5.75 Å². The normalized spacial score (nSPS) is 11.8. The maximum atomic E-state index is 12.9. The Balaban J connectivity index is 1.81. The summed E-state index contributed by atoms with van der Waals surface area (Å²) in [5.41, 5.74) is 4.58. The standard InChI is InChI=1S/C26H23NO3S/c1-18-9-13-22(14-10-18)31(28,29)30-26-15-12-21-6-4-5-7-23(21)24(26)17-27-25-16-19(2)8-11-20(25)3/h4-17H,1-3H3. The molecular formula is C26H23NO3S. The van der Waals surface area contributed by atoms with Gasteiger partial charge in [-0.25, -0.2) is 0 Å². The second-order valence-corrected chi connectivity index (χ2v) is 9.14. The van der Waals surface area contributed by atoms with E-state index in [9.17, 15) is 8.42 Å². The van der Waals surface area contributed by atoms with E-state index < -0.39 is 10.1 Å². The van der Waals surface area contributed by atoms with Crippen LogP contribution < -0.4 is 4.18 Å². The third-order valence-corrected chi connectivity index (χ3v) is 6.39. The topological polar surface area (TPSA) is 55.7 Å². The van der Waals surface area contributed by atoms with Crippen LogP contribution in [0.1, 0.15) is 22.3 Å². The maximum absolute atomic E-state index is 12.9. The molecule has 0 radical (unpaired) electrons. The first-order valence-corrected chi connectivity index (χ1v) is 11.4. The number of fused-ring (bicyclic) bond motifs is 1. The Hall–Kier alpha value is -3.44. The number of nitrogens with zero attached hydrogens (tertiary/aromatic N) is 1. The maximum Gasteiger partial charge on any atom is 0.339 e. The summed E-state index contributed by atoms with van der Waals surface area (Å²) in [5.74, 6) is 0.244. The zero-order valence-electron chi connectivity index (χ0n) is 17.7. The predicted molar refractivity (Wildman–Crippen MR) is 126 cm³/mol. The van der Waals surface area contributed by atoms with Crippen LogP contribution in [0.5, 0.6) is 5.75 Å². The van der Waals surface area contributed by atoms with Crippen molar-refractivity contribution in [2.45, 2.75) is 25.7 Å². The van der Waals surface area contributed by atoms with E-state index in [0.29, 0.717) is 5.56 Å². The highest BCUT2D eigenvalue weighted by Crippen LogP contribution is 2.30. The highest BCUT2D eigenvalue weighted by Gasteiger charge is 2.19. The fourth-order valence-corrected chi connectivity index (χ4v) is 4.29. The lowest BCUT2D eigenvalue weighted by molar-refractivity contribution is 0.486. The second-order valence-electron chi connectivity index (χ2n) is 7.60. The molecule has 0 bridgehead atoms. The van der Waals surface area contributed by atoms with Gasteiger partial charge in [0.15, 0.2) is 5.75 Å². The number of aryl methyl sites for hydroxylation is 3. The number of aliphatic imine (C=N–C) groups is 1. The molecule has 0 N–H and O–H groups in total. The molecule has 0 spiro atoms. The van der Waals surface area contributed by atoms with Crippen LogP contribution in [0, 0.1) is 20.8 Å². The number of hydrogen-bond acceptors (Lipinski definition) is 4. The second kappa shape index (κ2) is 8.36. The van der Waals surface area contributed by atoms with Crippen LogP contribution in [0.2, 0.25) is 0 Å². The first-order chi connectivity index (χ1) is 14.8.